The highest BCUT2D eigenvalue weighted by molar-refractivity contribution is 6.79. The second kappa shape index (κ2) is 8.15. The van der Waals surface area contributed by atoms with Crippen molar-refractivity contribution in [3.05, 3.63) is 0 Å². The van der Waals surface area contributed by atoms with Crippen LogP contribution in [-0.4, -0.2) is 50.2 Å². The Kier molecular flexibility index (Phi) is 8.12. The van der Waals surface area contributed by atoms with E-state index in [1.165, 1.54) is 21.3 Å². The quantitative estimate of drug-likeness (QED) is 0.429. The van der Waals surface area contributed by atoms with Crippen molar-refractivity contribution in [3.63, 3.8) is 0 Å². The average Bonchev–Trinajstić information content (AvgIpc) is 2.45. The first-order valence-electron chi connectivity index (χ1n) is 6.62. The molecule has 22 heavy (non-hydrogen) atoms. The normalized spacial score (nSPS) is 16.6. The highest BCUT2D eigenvalue weighted by Crippen LogP contribution is 2.41. The summed E-state index contributed by atoms with van der Waals surface area (Å²) in [6.45, 7) is 3.56. The van der Waals surface area contributed by atoms with Gasteiger partial charge in [-0.15, -0.1) is 4.94 Å². The molecule has 0 saturated carbocycles. The number of halogens is 5. The molecular weight excluding hydrogens is 347 g/mol. The van der Waals surface area contributed by atoms with Crippen LogP contribution in [0.15, 0.2) is 0 Å². The molecular formula is C11H23F5O4Si2. The van der Waals surface area contributed by atoms with E-state index in [4.69, 9.17) is 13.3 Å². The van der Waals surface area contributed by atoms with Gasteiger partial charge in [0.2, 0.25) is 0 Å². The Labute approximate surface area is 129 Å². The maximum Gasteiger partial charge on any atom is 0.499 e. The zero-order valence-corrected chi connectivity index (χ0v) is 15.4. The number of hydrogen-bond acceptors (Lipinski definition) is 4. The van der Waals surface area contributed by atoms with Crippen molar-refractivity contribution < 1.29 is 40.3 Å². The SMILES string of the molecule is CO[Si](CC[Si](C)(C)CCC(F)(OF)C(F)(F)F)(OC)OC. The van der Waals surface area contributed by atoms with Gasteiger partial charge in [0.1, 0.15) is 0 Å². The fourth-order valence-corrected chi connectivity index (χ4v) is 8.19. The first-order chi connectivity index (χ1) is 9.91. The van der Waals surface area contributed by atoms with E-state index in [2.05, 4.69) is 4.94 Å². The Balaban J connectivity index is 4.71. The van der Waals surface area contributed by atoms with Crippen LogP contribution in [-0.2, 0) is 18.2 Å². The molecule has 0 aliphatic rings. The van der Waals surface area contributed by atoms with Gasteiger partial charge in [0.25, 0.3) is 0 Å². The molecule has 0 radical (unpaired) electrons. The topological polar surface area (TPSA) is 36.9 Å². The number of alkyl halides is 4. The molecule has 1 atom stereocenters. The molecule has 0 saturated heterocycles. The van der Waals surface area contributed by atoms with Crippen molar-refractivity contribution in [2.75, 3.05) is 21.3 Å². The molecule has 0 aromatic carbocycles. The third-order valence-electron chi connectivity index (χ3n) is 3.71. The first-order valence-corrected chi connectivity index (χ1v) is 12.0. The van der Waals surface area contributed by atoms with E-state index in [9.17, 15) is 22.1 Å². The highest BCUT2D eigenvalue weighted by Gasteiger charge is 2.59. The molecule has 0 aromatic rings. The van der Waals surface area contributed by atoms with E-state index >= 15 is 0 Å². The molecule has 0 aromatic heterocycles. The van der Waals surface area contributed by atoms with Gasteiger partial charge in [-0.05, 0) is 4.53 Å². The van der Waals surface area contributed by atoms with Gasteiger partial charge in [-0.3, -0.25) is 0 Å². The molecule has 0 spiro atoms. The second-order valence-corrected chi connectivity index (χ2v) is 14.2. The summed E-state index contributed by atoms with van der Waals surface area (Å²) < 4.78 is 78.5. The molecule has 0 fully saturated rings. The Bertz CT molecular complexity index is 331. The van der Waals surface area contributed by atoms with Gasteiger partial charge >= 0.3 is 20.8 Å². The maximum atomic E-state index is 13.5. The van der Waals surface area contributed by atoms with Crippen LogP contribution in [0, 0.1) is 0 Å². The van der Waals surface area contributed by atoms with Gasteiger partial charge in [-0.25, -0.2) is 0 Å². The van der Waals surface area contributed by atoms with Crippen molar-refractivity contribution in [1.82, 2.24) is 0 Å². The molecule has 0 amide bonds. The predicted molar refractivity (Wildman–Crippen MR) is 75.4 cm³/mol. The first kappa shape index (κ1) is 21.9. The van der Waals surface area contributed by atoms with Crippen molar-refractivity contribution in [1.29, 1.82) is 0 Å². The summed E-state index contributed by atoms with van der Waals surface area (Å²) in [6.07, 6.45) is -6.48. The minimum atomic E-state index is -5.41. The van der Waals surface area contributed by atoms with Crippen molar-refractivity contribution in [3.8, 4) is 0 Å². The fraction of sp³-hybridized carbons (Fsp3) is 1.00. The lowest BCUT2D eigenvalue weighted by atomic mass is 10.2. The van der Waals surface area contributed by atoms with Crippen LogP contribution in [0.1, 0.15) is 6.42 Å². The van der Waals surface area contributed by atoms with E-state index in [1.807, 2.05) is 0 Å². The van der Waals surface area contributed by atoms with Crippen LogP contribution in [0.3, 0.4) is 0 Å². The van der Waals surface area contributed by atoms with Crippen LogP contribution in [0.25, 0.3) is 0 Å². The Hall–Kier alpha value is -0.0762. The molecule has 0 aliphatic heterocycles. The lowest BCUT2D eigenvalue weighted by molar-refractivity contribution is -0.402. The molecule has 1 unspecified atom stereocenters. The summed E-state index contributed by atoms with van der Waals surface area (Å²) in [7, 11) is -0.798. The van der Waals surface area contributed by atoms with E-state index in [0.29, 0.717) is 12.1 Å². The van der Waals surface area contributed by atoms with Gasteiger partial charge in [0.05, 0.1) is 0 Å². The van der Waals surface area contributed by atoms with Crippen LogP contribution >= 0.6 is 0 Å². The van der Waals surface area contributed by atoms with Gasteiger partial charge in [-0.1, -0.05) is 25.2 Å². The second-order valence-electron chi connectivity index (χ2n) is 5.76. The Morgan fingerprint density at radius 3 is 1.59 bits per heavy atom. The molecule has 0 bridgehead atoms. The maximum absolute atomic E-state index is 13.5. The van der Waals surface area contributed by atoms with E-state index in [0.717, 1.165) is 0 Å². The molecule has 4 nitrogen and oxygen atoms in total. The molecule has 134 valence electrons. The molecule has 0 rings (SSSR count). The zero-order valence-electron chi connectivity index (χ0n) is 13.4. The standard InChI is InChI=1S/C11H23F5O4Si2/c1-17-22(18-2,19-3)9-8-21(4,5)7-6-10(12,20-16)11(13,14)15/h6-9H2,1-5H3. The molecule has 0 heterocycles. The monoisotopic (exact) mass is 370 g/mol. The van der Waals surface area contributed by atoms with Crippen LogP contribution < -0.4 is 0 Å². The molecule has 0 aliphatic carbocycles. The van der Waals surface area contributed by atoms with Crippen molar-refractivity contribution >= 4 is 16.9 Å². The fourth-order valence-electron chi connectivity index (χ4n) is 1.90. The lowest BCUT2D eigenvalue weighted by Crippen LogP contribution is -2.46. The number of rotatable bonds is 10. The Morgan fingerprint density at radius 2 is 1.27 bits per heavy atom. The summed E-state index contributed by atoms with van der Waals surface area (Å²) in [5.74, 6) is -4.25. The Morgan fingerprint density at radius 1 is 0.818 bits per heavy atom. The van der Waals surface area contributed by atoms with Crippen molar-refractivity contribution in [2.24, 2.45) is 0 Å². The van der Waals surface area contributed by atoms with Gasteiger partial charge < -0.3 is 13.3 Å². The molecule has 11 heteroatoms. The minimum absolute atomic E-state index is 0.103. The zero-order chi connectivity index (χ0) is 17.7. The summed E-state index contributed by atoms with van der Waals surface area (Å²) in [5.41, 5.74) is 0. The van der Waals surface area contributed by atoms with Gasteiger partial charge in [0.15, 0.2) is 0 Å². The smallest absolute Gasteiger partial charge is 0.377 e. The van der Waals surface area contributed by atoms with Crippen molar-refractivity contribution in [2.45, 2.75) is 49.7 Å². The predicted octanol–water partition coefficient (Wildman–Crippen LogP) is 4.09. The van der Waals surface area contributed by atoms with Crippen LogP contribution in [0.4, 0.5) is 22.1 Å². The lowest BCUT2D eigenvalue weighted by Gasteiger charge is -2.31. The van der Waals surface area contributed by atoms with Gasteiger partial charge in [-0.2, -0.15) is 17.6 Å². The average molecular weight is 370 g/mol. The van der Waals surface area contributed by atoms with Gasteiger partial charge in [0, 0.05) is 41.9 Å². The van der Waals surface area contributed by atoms with E-state index < -0.39 is 35.3 Å². The summed E-state index contributed by atoms with van der Waals surface area (Å²) in [5, 5.41) is 0. The largest absolute Gasteiger partial charge is 0.499 e. The van der Waals surface area contributed by atoms with Crippen LogP contribution in [0.5, 0.6) is 0 Å². The minimum Gasteiger partial charge on any atom is -0.377 e. The highest BCUT2D eigenvalue weighted by atomic mass is 28.4. The third-order valence-corrected chi connectivity index (χ3v) is 10.1. The van der Waals surface area contributed by atoms with Crippen LogP contribution in [0.2, 0.25) is 31.2 Å². The summed E-state index contributed by atoms with van der Waals surface area (Å²) in [4.78, 5) is 2.57. The molecule has 0 N–H and O–H groups in total. The summed E-state index contributed by atoms with van der Waals surface area (Å²) in [6, 6.07) is 0.793. The number of hydrogen-bond donors (Lipinski definition) is 0. The van der Waals surface area contributed by atoms with E-state index in [-0.39, 0.29) is 6.04 Å². The summed E-state index contributed by atoms with van der Waals surface area (Å²) >= 11 is 0. The van der Waals surface area contributed by atoms with E-state index in [1.54, 1.807) is 13.1 Å². The third kappa shape index (κ3) is 5.85.